The Labute approximate surface area is 104 Å². The monoisotopic (exact) mass is 237 g/mol. The maximum atomic E-state index is 12.6. The van der Waals surface area contributed by atoms with E-state index < -0.39 is 0 Å². The maximum Gasteiger partial charge on any atom is 0.123 e. The lowest BCUT2D eigenvalue weighted by atomic mass is 10.0. The standard InChI is InChI=1S/C15H22FO/c1-13(2)7-5-3-4-6-12-17-15-10-8-14(16)9-11-15/h8-11H,3-7,12H2,1-2H3. The molecular weight excluding hydrogens is 215 g/mol. The van der Waals surface area contributed by atoms with Crippen molar-refractivity contribution in [1.82, 2.24) is 0 Å². The molecule has 1 aromatic carbocycles. The van der Waals surface area contributed by atoms with Gasteiger partial charge in [0.15, 0.2) is 0 Å². The second-order valence-corrected chi connectivity index (χ2v) is 4.67. The van der Waals surface area contributed by atoms with Crippen LogP contribution in [0.4, 0.5) is 4.39 Å². The second kappa shape index (κ2) is 8.10. The van der Waals surface area contributed by atoms with Crippen LogP contribution in [0, 0.1) is 11.7 Å². The van der Waals surface area contributed by atoms with Gasteiger partial charge in [-0.15, -0.1) is 0 Å². The average molecular weight is 237 g/mol. The van der Waals surface area contributed by atoms with E-state index in [1.54, 1.807) is 12.1 Å². The van der Waals surface area contributed by atoms with Crippen molar-refractivity contribution in [2.45, 2.75) is 46.0 Å². The highest BCUT2D eigenvalue weighted by Gasteiger charge is 1.96. The molecule has 0 aliphatic heterocycles. The molecule has 0 bridgehead atoms. The van der Waals surface area contributed by atoms with Gasteiger partial charge >= 0.3 is 0 Å². The van der Waals surface area contributed by atoms with Crippen molar-refractivity contribution in [3.05, 3.63) is 36.0 Å². The minimum Gasteiger partial charge on any atom is -0.494 e. The quantitative estimate of drug-likeness (QED) is 0.592. The third-order valence-corrected chi connectivity index (χ3v) is 2.65. The first-order valence-electron chi connectivity index (χ1n) is 6.36. The summed E-state index contributed by atoms with van der Waals surface area (Å²) >= 11 is 0. The Morgan fingerprint density at radius 3 is 2.29 bits per heavy atom. The van der Waals surface area contributed by atoms with Gasteiger partial charge in [-0.1, -0.05) is 33.1 Å². The predicted octanol–water partition coefficient (Wildman–Crippen LogP) is 4.77. The normalized spacial score (nSPS) is 10.8. The summed E-state index contributed by atoms with van der Waals surface area (Å²) in [6.45, 7) is 5.08. The zero-order valence-corrected chi connectivity index (χ0v) is 10.8. The van der Waals surface area contributed by atoms with E-state index in [2.05, 4.69) is 13.8 Å². The maximum absolute atomic E-state index is 12.6. The summed E-state index contributed by atoms with van der Waals surface area (Å²) in [5.74, 6) is 2.04. The van der Waals surface area contributed by atoms with Gasteiger partial charge < -0.3 is 4.74 Å². The van der Waals surface area contributed by atoms with E-state index in [1.165, 1.54) is 43.7 Å². The van der Waals surface area contributed by atoms with Gasteiger partial charge in [0.2, 0.25) is 0 Å². The van der Waals surface area contributed by atoms with Gasteiger partial charge in [-0.3, -0.25) is 0 Å². The third kappa shape index (κ3) is 6.98. The molecule has 0 aliphatic carbocycles. The highest BCUT2D eigenvalue weighted by molar-refractivity contribution is 5.21. The Hall–Kier alpha value is -1.05. The molecule has 0 spiro atoms. The van der Waals surface area contributed by atoms with Crippen LogP contribution in [0.2, 0.25) is 0 Å². The van der Waals surface area contributed by atoms with Crippen molar-refractivity contribution < 1.29 is 9.13 Å². The highest BCUT2D eigenvalue weighted by Crippen LogP contribution is 2.13. The van der Waals surface area contributed by atoms with E-state index in [1.807, 2.05) is 0 Å². The fourth-order valence-electron chi connectivity index (χ4n) is 1.66. The zero-order valence-electron chi connectivity index (χ0n) is 10.8. The van der Waals surface area contributed by atoms with Crippen molar-refractivity contribution in [1.29, 1.82) is 0 Å². The number of unbranched alkanes of at least 4 members (excludes halogenated alkanes) is 3. The van der Waals surface area contributed by atoms with Gasteiger partial charge in [0.1, 0.15) is 11.6 Å². The number of rotatable bonds is 8. The second-order valence-electron chi connectivity index (χ2n) is 4.67. The summed E-state index contributed by atoms with van der Waals surface area (Å²) in [7, 11) is 0. The van der Waals surface area contributed by atoms with Crippen LogP contribution in [-0.2, 0) is 0 Å². The van der Waals surface area contributed by atoms with Gasteiger partial charge in [0.05, 0.1) is 6.61 Å². The number of halogens is 1. The predicted molar refractivity (Wildman–Crippen MR) is 69.6 cm³/mol. The lowest BCUT2D eigenvalue weighted by Crippen LogP contribution is -1.97. The summed E-state index contributed by atoms with van der Waals surface area (Å²) in [4.78, 5) is 0. The van der Waals surface area contributed by atoms with Gasteiger partial charge in [-0.2, -0.15) is 0 Å². The van der Waals surface area contributed by atoms with Crippen LogP contribution in [0.3, 0.4) is 0 Å². The Morgan fingerprint density at radius 1 is 1.00 bits per heavy atom. The van der Waals surface area contributed by atoms with Crippen LogP contribution in [0.5, 0.6) is 5.75 Å². The molecule has 0 saturated carbocycles. The Morgan fingerprint density at radius 2 is 1.65 bits per heavy atom. The lowest BCUT2D eigenvalue weighted by molar-refractivity contribution is 0.304. The molecule has 0 fully saturated rings. The Kier molecular flexibility index (Phi) is 6.68. The summed E-state index contributed by atoms with van der Waals surface area (Å²) in [6.07, 6.45) is 6.05. The van der Waals surface area contributed by atoms with Crippen LogP contribution < -0.4 is 4.74 Å². The molecule has 17 heavy (non-hydrogen) atoms. The molecule has 0 aliphatic rings. The van der Waals surface area contributed by atoms with E-state index in [0.29, 0.717) is 0 Å². The molecule has 0 amide bonds. The van der Waals surface area contributed by atoms with Crippen molar-refractivity contribution >= 4 is 0 Å². The molecule has 95 valence electrons. The van der Waals surface area contributed by atoms with Gasteiger partial charge in [0.25, 0.3) is 0 Å². The summed E-state index contributed by atoms with van der Waals surface area (Å²) in [6, 6.07) is 6.19. The fraction of sp³-hybridized carbons (Fsp3) is 0.533. The van der Waals surface area contributed by atoms with E-state index >= 15 is 0 Å². The number of benzene rings is 1. The Bertz CT molecular complexity index is 292. The number of ether oxygens (including phenoxy) is 1. The van der Waals surface area contributed by atoms with Crippen LogP contribution in [0.1, 0.15) is 46.0 Å². The zero-order chi connectivity index (χ0) is 12.5. The molecule has 1 aromatic rings. The van der Waals surface area contributed by atoms with Crippen LogP contribution in [-0.4, -0.2) is 6.61 Å². The number of hydrogen-bond acceptors (Lipinski definition) is 1. The minimum absolute atomic E-state index is 0.219. The summed E-state index contributed by atoms with van der Waals surface area (Å²) in [5.41, 5.74) is 0. The van der Waals surface area contributed by atoms with Crippen LogP contribution >= 0.6 is 0 Å². The van der Waals surface area contributed by atoms with E-state index in [9.17, 15) is 4.39 Å². The van der Waals surface area contributed by atoms with Gasteiger partial charge in [-0.25, -0.2) is 4.39 Å². The first-order valence-corrected chi connectivity index (χ1v) is 6.36. The lowest BCUT2D eigenvalue weighted by Gasteiger charge is -2.06. The molecule has 2 heteroatoms. The molecule has 1 nitrogen and oxygen atoms in total. The summed E-state index contributed by atoms with van der Waals surface area (Å²) in [5, 5.41) is 0. The van der Waals surface area contributed by atoms with Gasteiger partial charge in [-0.05, 0) is 43.0 Å². The van der Waals surface area contributed by atoms with Crippen molar-refractivity contribution in [2.24, 2.45) is 0 Å². The van der Waals surface area contributed by atoms with Crippen LogP contribution in [0.25, 0.3) is 0 Å². The third-order valence-electron chi connectivity index (χ3n) is 2.65. The molecule has 0 saturated heterocycles. The highest BCUT2D eigenvalue weighted by atomic mass is 19.1. The summed E-state index contributed by atoms with van der Waals surface area (Å²) < 4.78 is 18.1. The molecule has 0 heterocycles. The van der Waals surface area contributed by atoms with Gasteiger partial charge in [0, 0.05) is 0 Å². The van der Waals surface area contributed by atoms with E-state index in [4.69, 9.17) is 4.74 Å². The average Bonchev–Trinajstić information content (AvgIpc) is 2.30. The molecule has 0 N–H and O–H groups in total. The minimum atomic E-state index is -0.219. The first kappa shape index (κ1) is 14.0. The molecule has 1 radical (unpaired) electrons. The SMILES string of the molecule is C[C](C)CCCCCCOc1ccc(F)cc1. The Balaban J connectivity index is 1.99. The molecule has 1 rings (SSSR count). The van der Waals surface area contributed by atoms with Crippen LogP contribution in [0.15, 0.2) is 24.3 Å². The largest absolute Gasteiger partial charge is 0.494 e. The smallest absolute Gasteiger partial charge is 0.123 e. The van der Waals surface area contributed by atoms with E-state index in [0.717, 1.165) is 18.8 Å². The van der Waals surface area contributed by atoms with Crippen molar-refractivity contribution in [2.75, 3.05) is 6.61 Å². The first-order chi connectivity index (χ1) is 8.18. The molecule has 0 unspecified atom stereocenters. The fourth-order valence-corrected chi connectivity index (χ4v) is 1.66. The number of hydrogen-bond donors (Lipinski definition) is 0. The van der Waals surface area contributed by atoms with Crippen molar-refractivity contribution in [3.63, 3.8) is 0 Å². The molecular formula is C15H22FO. The molecule has 0 atom stereocenters. The molecule has 0 aromatic heterocycles. The topological polar surface area (TPSA) is 9.23 Å². The van der Waals surface area contributed by atoms with Crippen molar-refractivity contribution in [3.8, 4) is 5.75 Å². The van der Waals surface area contributed by atoms with E-state index in [-0.39, 0.29) is 5.82 Å².